The average Bonchev–Trinajstić information content (AvgIpc) is 3.48. The van der Waals surface area contributed by atoms with Crippen molar-refractivity contribution in [2.75, 3.05) is 50.9 Å². The summed E-state index contributed by atoms with van der Waals surface area (Å²) in [5.74, 6) is -0.0764. The van der Waals surface area contributed by atoms with Gasteiger partial charge in [-0.2, -0.15) is 0 Å². The highest BCUT2D eigenvalue weighted by Crippen LogP contribution is 2.37. The molecule has 4 heterocycles. The molecule has 9 heteroatoms. The van der Waals surface area contributed by atoms with Gasteiger partial charge in [0.25, 0.3) is 0 Å². The van der Waals surface area contributed by atoms with Crippen LogP contribution >= 0.6 is 11.3 Å². The SMILES string of the molecule is Cc1cc(COc2c(C)cccc2-c2csc(N3CCC(C(=O)O)CC3)n2)cc2c1CN(CC1COCCO1)CC2. The van der Waals surface area contributed by atoms with E-state index in [-0.39, 0.29) is 12.0 Å². The first-order chi connectivity index (χ1) is 19.9. The summed E-state index contributed by atoms with van der Waals surface area (Å²) in [6.45, 7) is 11.2. The molecular weight excluding hydrogens is 538 g/mol. The number of anilines is 1. The summed E-state index contributed by atoms with van der Waals surface area (Å²) < 4.78 is 18.0. The quantitative estimate of drug-likeness (QED) is 0.397. The molecule has 3 aromatic rings. The number of carboxylic acids is 1. The number of hydrogen-bond donors (Lipinski definition) is 1. The van der Waals surface area contributed by atoms with Crippen molar-refractivity contribution in [3.05, 3.63) is 63.5 Å². The lowest BCUT2D eigenvalue weighted by Gasteiger charge is -2.34. The van der Waals surface area contributed by atoms with Crippen LogP contribution in [0.2, 0.25) is 0 Å². The number of piperidine rings is 1. The van der Waals surface area contributed by atoms with Crippen molar-refractivity contribution < 1.29 is 24.1 Å². The molecule has 1 atom stereocenters. The fraction of sp³-hybridized carbons (Fsp3) is 0.500. The van der Waals surface area contributed by atoms with Gasteiger partial charge in [-0.15, -0.1) is 11.3 Å². The van der Waals surface area contributed by atoms with Crippen LogP contribution in [0, 0.1) is 19.8 Å². The van der Waals surface area contributed by atoms with Gasteiger partial charge in [-0.1, -0.05) is 24.3 Å². The number of rotatable bonds is 8. The van der Waals surface area contributed by atoms with Crippen LogP contribution in [0.5, 0.6) is 5.75 Å². The second kappa shape index (κ2) is 12.5. The Morgan fingerprint density at radius 3 is 2.78 bits per heavy atom. The lowest BCUT2D eigenvalue weighted by Crippen LogP contribution is -2.42. The molecule has 218 valence electrons. The fourth-order valence-electron chi connectivity index (χ4n) is 6.22. The topological polar surface area (TPSA) is 84.4 Å². The third-order valence-corrected chi connectivity index (χ3v) is 9.43. The highest BCUT2D eigenvalue weighted by atomic mass is 32.1. The molecule has 1 aromatic heterocycles. The van der Waals surface area contributed by atoms with E-state index in [2.05, 4.69) is 53.3 Å². The number of carboxylic acid groups (broad SMARTS) is 1. The molecule has 0 radical (unpaired) electrons. The molecule has 3 aliphatic heterocycles. The maximum Gasteiger partial charge on any atom is 0.306 e. The van der Waals surface area contributed by atoms with Crippen LogP contribution < -0.4 is 9.64 Å². The Balaban J connectivity index is 1.13. The summed E-state index contributed by atoms with van der Waals surface area (Å²) in [5.41, 5.74) is 8.32. The van der Waals surface area contributed by atoms with Crippen LogP contribution in [0.4, 0.5) is 5.13 Å². The van der Waals surface area contributed by atoms with E-state index in [1.807, 2.05) is 6.07 Å². The Morgan fingerprint density at radius 2 is 2.00 bits per heavy atom. The van der Waals surface area contributed by atoms with Crippen LogP contribution in [0.15, 0.2) is 35.7 Å². The van der Waals surface area contributed by atoms with Crippen molar-refractivity contribution in [2.45, 2.75) is 52.4 Å². The van der Waals surface area contributed by atoms with Crippen molar-refractivity contribution in [3.8, 4) is 17.0 Å². The van der Waals surface area contributed by atoms with Crippen molar-refractivity contribution in [1.82, 2.24) is 9.88 Å². The van der Waals surface area contributed by atoms with Crippen molar-refractivity contribution in [3.63, 3.8) is 0 Å². The molecule has 2 saturated heterocycles. The van der Waals surface area contributed by atoms with E-state index in [9.17, 15) is 9.90 Å². The predicted octanol–water partition coefficient (Wildman–Crippen LogP) is 5.08. The van der Waals surface area contributed by atoms with Crippen molar-refractivity contribution in [2.24, 2.45) is 5.92 Å². The predicted molar refractivity (Wildman–Crippen MR) is 160 cm³/mol. The van der Waals surface area contributed by atoms with Gasteiger partial charge >= 0.3 is 5.97 Å². The molecule has 0 saturated carbocycles. The molecule has 1 N–H and O–H groups in total. The van der Waals surface area contributed by atoms with E-state index in [4.69, 9.17) is 19.2 Å². The lowest BCUT2D eigenvalue weighted by atomic mass is 9.93. The molecule has 8 nitrogen and oxygen atoms in total. The molecule has 2 fully saturated rings. The lowest BCUT2D eigenvalue weighted by molar-refractivity contribution is -0.142. The molecule has 2 aromatic carbocycles. The molecule has 0 aliphatic carbocycles. The standard InChI is InChI=1S/C32H39N3O5S/c1-21-4-3-5-27(29-20-41-32(33-29)35-10-7-24(8-11-35)31(36)37)30(21)40-18-23-14-22(2)28-17-34(9-6-25(28)15-23)16-26-19-38-12-13-39-26/h3-5,14-15,20,24,26H,6-13,16-19H2,1-2H3,(H,36,37). The maximum atomic E-state index is 11.3. The average molecular weight is 578 g/mol. The van der Waals surface area contributed by atoms with Gasteiger partial charge in [-0.3, -0.25) is 9.69 Å². The van der Waals surface area contributed by atoms with Gasteiger partial charge in [0.1, 0.15) is 12.4 Å². The van der Waals surface area contributed by atoms with E-state index in [1.54, 1.807) is 11.3 Å². The zero-order chi connectivity index (χ0) is 28.3. The Bertz CT molecular complexity index is 1380. The zero-order valence-electron chi connectivity index (χ0n) is 23.9. The van der Waals surface area contributed by atoms with Crippen LogP contribution in [0.1, 0.15) is 40.7 Å². The Kier molecular flexibility index (Phi) is 8.57. The number of ether oxygens (including phenoxy) is 3. The van der Waals surface area contributed by atoms with Gasteiger partial charge in [-0.25, -0.2) is 4.98 Å². The second-order valence-electron chi connectivity index (χ2n) is 11.5. The number of aryl methyl sites for hydroxylation is 2. The Hall–Kier alpha value is -2.98. The Morgan fingerprint density at radius 1 is 1.15 bits per heavy atom. The molecule has 0 spiro atoms. The monoisotopic (exact) mass is 577 g/mol. The smallest absolute Gasteiger partial charge is 0.306 e. The van der Waals surface area contributed by atoms with Gasteiger partial charge in [0.05, 0.1) is 37.5 Å². The van der Waals surface area contributed by atoms with E-state index in [0.29, 0.717) is 39.3 Å². The van der Waals surface area contributed by atoms with Gasteiger partial charge in [0.2, 0.25) is 0 Å². The van der Waals surface area contributed by atoms with Crippen LogP contribution in [-0.4, -0.2) is 73.1 Å². The van der Waals surface area contributed by atoms with Crippen molar-refractivity contribution in [1.29, 1.82) is 0 Å². The number of hydrogen-bond acceptors (Lipinski definition) is 8. The first-order valence-electron chi connectivity index (χ1n) is 14.6. The van der Waals surface area contributed by atoms with Crippen molar-refractivity contribution >= 4 is 22.4 Å². The third-order valence-electron chi connectivity index (χ3n) is 8.53. The van der Waals surface area contributed by atoms with E-state index in [0.717, 1.165) is 66.8 Å². The Labute approximate surface area is 245 Å². The molecule has 41 heavy (non-hydrogen) atoms. The van der Waals surface area contributed by atoms with Crippen LogP contribution in [-0.2, 0) is 33.8 Å². The first-order valence-corrected chi connectivity index (χ1v) is 15.5. The number of para-hydroxylation sites is 1. The number of aliphatic carboxylic acids is 1. The van der Waals surface area contributed by atoms with Gasteiger partial charge < -0.3 is 24.2 Å². The van der Waals surface area contributed by atoms with Crippen LogP contribution in [0.3, 0.4) is 0 Å². The number of nitrogens with zero attached hydrogens (tertiary/aromatic N) is 3. The molecular formula is C32H39N3O5S. The maximum absolute atomic E-state index is 11.3. The number of thiazole rings is 1. The number of benzene rings is 2. The second-order valence-corrected chi connectivity index (χ2v) is 12.3. The first kappa shape index (κ1) is 28.2. The molecule has 3 aliphatic rings. The highest BCUT2D eigenvalue weighted by Gasteiger charge is 2.27. The summed E-state index contributed by atoms with van der Waals surface area (Å²) in [5, 5.41) is 12.3. The van der Waals surface area contributed by atoms with Gasteiger partial charge in [0, 0.05) is 43.7 Å². The molecule has 0 bridgehead atoms. The van der Waals surface area contributed by atoms with Gasteiger partial charge in [0.15, 0.2) is 5.13 Å². The number of fused-ring (bicyclic) bond motifs is 1. The van der Waals surface area contributed by atoms with E-state index in [1.165, 1.54) is 22.3 Å². The largest absolute Gasteiger partial charge is 0.488 e. The summed E-state index contributed by atoms with van der Waals surface area (Å²) in [6, 6.07) is 10.8. The summed E-state index contributed by atoms with van der Waals surface area (Å²) >= 11 is 1.61. The number of aromatic nitrogens is 1. The minimum atomic E-state index is -0.692. The summed E-state index contributed by atoms with van der Waals surface area (Å²) in [7, 11) is 0. The van der Waals surface area contributed by atoms with E-state index >= 15 is 0 Å². The van der Waals surface area contributed by atoms with Gasteiger partial charge in [-0.05, 0) is 67.0 Å². The summed E-state index contributed by atoms with van der Waals surface area (Å²) in [6.07, 6.45) is 2.51. The molecule has 0 amide bonds. The summed E-state index contributed by atoms with van der Waals surface area (Å²) in [4.78, 5) is 21.0. The number of carbonyl (C=O) groups is 1. The minimum absolute atomic E-state index is 0.166. The fourth-order valence-corrected chi connectivity index (χ4v) is 7.10. The highest BCUT2D eigenvalue weighted by molar-refractivity contribution is 7.14. The zero-order valence-corrected chi connectivity index (χ0v) is 24.8. The molecule has 1 unspecified atom stereocenters. The minimum Gasteiger partial charge on any atom is -0.488 e. The molecule has 6 rings (SSSR count). The van der Waals surface area contributed by atoms with E-state index < -0.39 is 5.97 Å². The van der Waals surface area contributed by atoms with Crippen LogP contribution in [0.25, 0.3) is 11.3 Å². The normalized spacial score (nSPS) is 20.1. The third kappa shape index (κ3) is 6.43.